The lowest BCUT2D eigenvalue weighted by atomic mass is 9.82. The lowest BCUT2D eigenvalue weighted by Crippen LogP contribution is -2.44. The maximum Gasteiger partial charge on any atom is 0.264 e. The highest BCUT2D eigenvalue weighted by molar-refractivity contribution is 6.08. The van der Waals surface area contributed by atoms with E-state index in [4.69, 9.17) is 0 Å². The zero-order valence-corrected chi connectivity index (χ0v) is 27.2. The van der Waals surface area contributed by atoms with Crippen molar-refractivity contribution in [2.75, 3.05) is 28.7 Å². The predicted octanol–water partition coefficient (Wildman–Crippen LogP) is 2.66. The molecule has 3 aromatic carbocycles. The lowest BCUT2D eigenvalue weighted by Gasteiger charge is -2.28. The second-order valence-corrected chi connectivity index (χ2v) is 11.9. The fourth-order valence-corrected chi connectivity index (χ4v) is 5.46. The van der Waals surface area contributed by atoms with Gasteiger partial charge in [0.25, 0.3) is 17.7 Å². The van der Waals surface area contributed by atoms with E-state index in [1.54, 1.807) is 55.5 Å². The van der Waals surface area contributed by atoms with Crippen LogP contribution in [0.5, 0.6) is 0 Å². The summed E-state index contributed by atoms with van der Waals surface area (Å²) < 4.78 is 0. The van der Waals surface area contributed by atoms with Crippen molar-refractivity contribution in [3.8, 4) is 0 Å². The molecule has 0 bridgehead atoms. The minimum Gasteiger partial charge on any atom is -0.395 e. The highest BCUT2D eigenvalue weighted by atomic mass is 16.3. The molecule has 0 fully saturated rings. The minimum absolute atomic E-state index is 0.0242. The van der Waals surface area contributed by atoms with Crippen molar-refractivity contribution in [2.45, 2.75) is 58.1 Å². The van der Waals surface area contributed by atoms with Crippen LogP contribution in [-0.4, -0.2) is 74.3 Å². The number of fused-ring (bicyclic) bond motifs is 1. The Morgan fingerprint density at radius 3 is 2.12 bits per heavy atom. The van der Waals surface area contributed by atoms with Crippen LogP contribution in [0.4, 0.5) is 17.1 Å². The van der Waals surface area contributed by atoms with Gasteiger partial charge in [-0.1, -0.05) is 61.5 Å². The number of carbonyl (C=O) groups is 4. The molecule has 0 unspecified atom stereocenters. The number of rotatable bonds is 14. The van der Waals surface area contributed by atoms with E-state index in [9.17, 15) is 39.6 Å². The van der Waals surface area contributed by atoms with Crippen molar-refractivity contribution in [2.24, 2.45) is 5.92 Å². The summed E-state index contributed by atoms with van der Waals surface area (Å²) >= 11 is 0. The number of nitrogens with zero attached hydrogens (tertiary/aromatic N) is 2. The van der Waals surface area contributed by atoms with Gasteiger partial charge in [0.2, 0.25) is 5.91 Å². The summed E-state index contributed by atoms with van der Waals surface area (Å²) in [6.07, 6.45) is 0.640. The number of nitrogens with one attached hydrogen (secondary N) is 2. The monoisotopic (exact) mass is 658 g/mol. The number of carbonyl (C=O) groups excluding carboxylic acids is 4. The molecule has 4 atom stereocenters. The van der Waals surface area contributed by atoms with Crippen LogP contribution in [0, 0.1) is 5.92 Å². The molecule has 4 amide bonds. The molecule has 4 rings (SSSR count). The van der Waals surface area contributed by atoms with E-state index < -0.39 is 41.4 Å². The molecule has 1 heterocycles. The molecular weight excluding hydrogens is 616 g/mol. The van der Waals surface area contributed by atoms with E-state index in [1.807, 2.05) is 30.3 Å². The molecule has 12 heteroatoms. The standard InChI is InChI=1S/C36H42N4O8/c1-23(9-7-14-32(44)39(17-18-41)21-26-10-5-4-6-11-26)36(48)30-20-29(38-34(46)25(3)43)15-16-31(30)40(35(36)47)22-27-12-8-13-28(19-27)37-33(45)24(2)42/h4-13,15-16,19-20,23-25,41-43,48H,14,17-18,21-22H2,1-3H3,(H,37,45)(H,38,46)/b9-7+/t23-,24+,25+,36+/m1/s1. The van der Waals surface area contributed by atoms with Crippen LogP contribution in [0.15, 0.2) is 84.9 Å². The third-order valence-corrected chi connectivity index (χ3v) is 8.15. The summed E-state index contributed by atoms with van der Waals surface area (Å²) in [6.45, 7) is 4.59. The van der Waals surface area contributed by atoms with E-state index in [-0.39, 0.29) is 43.3 Å². The Bertz CT molecular complexity index is 1660. The number of benzene rings is 3. The zero-order valence-electron chi connectivity index (χ0n) is 27.2. The quantitative estimate of drug-likeness (QED) is 0.143. The van der Waals surface area contributed by atoms with E-state index in [1.165, 1.54) is 29.7 Å². The van der Waals surface area contributed by atoms with Crippen molar-refractivity contribution in [1.82, 2.24) is 4.90 Å². The van der Waals surface area contributed by atoms with Crippen LogP contribution in [-0.2, 0) is 37.9 Å². The van der Waals surface area contributed by atoms with Crippen LogP contribution < -0.4 is 15.5 Å². The number of hydrogen-bond acceptors (Lipinski definition) is 8. The van der Waals surface area contributed by atoms with E-state index in [0.717, 1.165) is 5.56 Å². The van der Waals surface area contributed by atoms with Crippen LogP contribution >= 0.6 is 0 Å². The number of amides is 4. The van der Waals surface area contributed by atoms with E-state index in [0.29, 0.717) is 23.5 Å². The molecule has 3 aromatic rings. The molecule has 0 aromatic heterocycles. The lowest BCUT2D eigenvalue weighted by molar-refractivity contribution is -0.139. The minimum atomic E-state index is -2.09. The molecule has 0 spiro atoms. The highest BCUT2D eigenvalue weighted by Crippen LogP contribution is 2.47. The summed E-state index contributed by atoms with van der Waals surface area (Å²) in [5.74, 6) is -2.96. The Balaban J connectivity index is 1.61. The first-order valence-electron chi connectivity index (χ1n) is 15.7. The fourth-order valence-electron chi connectivity index (χ4n) is 5.46. The topological polar surface area (TPSA) is 180 Å². The van der Waals surface area contributed by atoms with Gasteiger partial charge in [0.15, 0.2) is 5.60 Å². The molecule has 12 nitrogen and oxygen atoms in total. The predicted molar refractivity (Wildman–Crippen MR) is 180 cm³/mol. The summed E-state index contributed by atoms with van der Waals surface area (Å²) in [5.41, 5.74) is 0.752. The first-order chi connectivity index (χ1) is 22.8. The average molecular weight is 659 g/mol. The summed E-state index contributed by atoms with van der Waals surface area (Å²) in [6, 6.07) is 20.8. The van der Waals surface area contributed by atoms with Crippen molar-refractivity contribution >= 4 is 40.7 Å². The number of hydrogen-bond donors (Lipinski definition) is 6. The van der Waals surface area contributed by atoms with Crippen LogP contribution in [0.2, 0.25) is 0 Å². The maximum absolute atomic E-state index is 14.1. The van der Waals surface area contributed by atoms with Gasteiger partial charge < -0.3 is 40.9 Å². The van der Waals surface area contributed by atoms with Gasteiger partial charge in [-0.25, -0.2) is 0 Å². The summed E-state index contributed by atoms with van der Waals surface area (Å²) in [4.78, 5) is 54.4. The van der Waals surface area contributed by atoms with Crippen LogP contribution in [0.3, 0.4) is 0 Å². The summed E-state index contributed by atoms with van der Waals surface area (Å²) in [5, 5.41) is 46.2. The fraction of sp³-hybridized carbons (Fsp3) is 0.333. The van der Waals surface area contributed by atoms with Crippen LogP contribution in [0.25, 0.3) is 0 Å². The van der Waals surface area contributed by atoms with Gasteiger partial charge in [0.05, 0.1) is 18.8 Å². The Morgan fingerprint density at radius 2 is 1.50 bits per heavy atom. The SMILES string of the molecule is C[C@H](O)C(=O)Nc1cccc(CN2C(=O)[C@](O)([C@H](C)/C=C/CC(=O)N(CCO)Cc3ccccc3)c3cc(NC(=O)[C@H](C)O)ccc32)c1. The Hall–Kier alpha value is -4.88. The first-order valence-corrected chi connectivity index (χ1v) is 15.7. The largest absolute Gasteiger partial charge is 0.395 e. The first kappa shape index (κ1) is 36.0. The molecule has 1 aliphatic heterocycles. The van der Waals surface area contributed by atoms with Gasteiger partial charge in [-0.2, -0.15) is 0 Å². The van der Waals surface area contributed by atoms with Gasteiger partial charge in [0, 0.05) is 42.4 Å². The second kappa shape index (κ2) is 15.8. The zero-order chi connectivity index (χ0) is 35.0. The molecule has 254 valence electrons. The third-order valence-electron chi connectivity index (χ3n) is 8.15. The maximum atomic E-state index is 14.1. The van der Waals surface area contributed by atoms with Crippen LogP contribution in [0.1, 0.15) is 43.9 Å². The Labute approximate surface area is 279 Å². The van der Waals surface area contributed by atoms with Gasteiger partial charge in [-0.15, -0.1) is 0 Å². The molecule has 6 N–H and O–H groups in total. The molecule has 0 radical (unpaired) electrons. The smallest absolute Gasteiger partial charge is 0.264 e. The molecule has 1 aliphatic rings. The number of aliphatic hydroxyl groups excluding tert-OH is 3. The van der Waals surface area contributed by atoms with Gasteiger partial charge in [-0.3, -0.25) is 19.2 Å². The number of aliphatic hydroxyl groups is 4. The van der Waals surface area contributed by atoms with Gasteiger partial charge in [-0.05, 0) is 55.3 Å². The third kappa shape index (κ3) is 8.33. The average Bonchev–Trinajstić information content (AvgIpc) is 3.27. The van der Waals surface area contributed by atoms with Crippen molar-refractivity contribution in [3.63, 3.8) is 0 Å². The normalized spacial score (nSPS) is 17.5. The van der Waals surface area contributed by atoms with E-state index >= 15 is 0 Å². The van der Waals surface area contributed by atoms with E-state index in [2.05, 4.69) is 10.6 Å². The molecule has 48 heavy (non-hydrogen) atoms. The molecule has 0 saturated carbocycles. The second-order valence-electron chi connectivity index (χ2n) is 11.9. The van der Waals surface area contributed by atoms with Crippen molar-refractivity contribution in [3.05, 3.63) is 102 Å². The Kier molecular flexibility index (Phi) is 11.8. The van der Waals surface area contributed by atoms with Gasteiger partial charge in [0.1, 0.15) is 12.2 Å². The van der Waals surface area contributed by atoms with Crippen molar-refractivity contribution in [1.29, 1.82) is 0 Å². The molecule has 0 saturated heterocycles. The molecular formula is C36H42N4O8. The van der Waals surface area contributed by atoms with Gasteiger partial charge >= 0.3 is 0 Å². The number of anilines is 3. The molecule has 0 aliphatic carbocycles. The Morgan fingerprint density at radius 1 is 0.875 bits per heavy atom. The highest BCUT2D eigenvalue weighted by Gasteiger charge is 2.52. The van der Waals surface area contributed by atoms with Crippen molar-refractivity contribution < 1.29 is 39.6 Å². The summed E-state index contributed by atoms with van der Waals surface area (Å²) in [7, 11) is 0.